The van der Waals surface area contributed by atoms with Gasteiger partial charge in [0.15, 0.2) is 5.13 Å². The van der Waals surface area contributed by atoms with E-state index < -0.39 is 0 Å². The van der Waals surface area contributed by atoms with Crippen molar-refractivity contribution in [3.63, 3.8) is 0 Å². The number of thiazole rings is 1. The van der Waals surface area contributed by atoms with Gasteiger partial charge in [-0.1, -0.05) is 22.9 Å². The van der Waals surface area contributed by atoms with Crippen LogP contribution in [0.3, 0.4) is 0 Å². The molecule has 1 aromatic carbocycles. The van der Waals surface area contributed by atoms with Crippen LogP contribution in [0.5, 0.6) is 0 Å². The molecule has 104 valence electrons. The van der Waals surface area contributed by atoms with Crippen molar-refractivity contribution in [3.8, 4) is 0 Å². The Hall–Kier alpha value is -1.40. The van der Waals surface area contributed by atoms with Gasteiger partial charge in [0, 0.05) is 22.8 Å². The zero-order chi connectivity index (χ0) is 14.1. The molecule has 0 aliphatic heterocycles. The molecule has 3 rings (SSSR count). The Labute approximate surface area is 129 Å². The predicted molar refractivity (Wildman–Crippen MR) is 87.1 cm³/mol. The Morgan fingerprint density at radius 2 is 2.20 bits per heavy atom. The molecular formula is C14H15BrN4S. The summed E-state index contributed by atoms with van der Waals surface area (Å²) in [5.41, 5.74) is 8.88. The first-order chi connectivity index (χ1) is 9.67. The third-order valence-electron chi connectivity index (χ3n) is 3.15. The van der Waals surface area contributed by atoms with Crippen LogP contribution in [0.4, 0.5) is 5.13 Å². The number of aromatic nitrogens is 3. The van der Waals surface area contributed by atoms with Crippen LogP contribution in [0.15, 0.2) is 28.1 Å². The van der Waals surface area contributed by atoms with Gasteiger partial charge in [-0.3, -0.25) is 0 Å². The zero-order valence-corrected chi connectivity index (χ0v) is 13.5. The van der Waals surface area contributed by atoms with Crippen LogP contribution in [0, 0.1) is 0 Å². The normalized spacial score (nSPS) is 11.3. The maximum atomic E-state index is 5.70. The molecule has 6 heteroatoms. The predicted octanol–water partition coefficient (Wildman–Crippen LogP) is 3.84. The van der Waals surface area contributed by atoms with Crippen molar-refractivity contribution in [1.29, 1.82) is 0 Å². The highest BCUT2D eigenvalue weighted by Crippen LogP contribution is 2.23. The van der Waals surface area contributed by atoms with Crippen LogP contribution >= 0.6 is 27.3 Å². The molecule has 0 saturated heterocycles. The van der Waals surface area contributed by atoms with E-state index in [4.69, 9.17) is 10.7 Å². The quantitative estimate of drug-likeness (QED) is 0.777. The molecule has 0 spiro atoms. The van der Waals surface area contributed by atoms with E-state index in [1.54, 1.807) is 0 Å². The van der Waals surface area contributed by atoms with Crippen LogP contribution in [0.2, 0.25) is 0 Å². The van der Waals surface area contributed by atoms with Crippen LogP contribution in [0.1, 0.15) is 24.9 Å². The molecule has 2 aromatic heterocycles. The summed E-state index contributed by atoms with van der Waals surface area (Å²) in [5, 5.41) is 2.61. The summed E-state index contributed by atoms with van der Waals surface area (Å²) in [6.07, 6.45) is 1.80. The first-order valence-corrected chi connectivity index (χ1v) is 8.19. The third kappa shape index (κ3) is 2.58. The first-order valence-electron chi connectivity index (χ1n) is 6.52. The van der Waals surface area contributed by atoms with E-state index in [9.17, 15) is 0 Å². The van der Waals surface area contributed by atoms with Gasteiger partial charge < -0.3 is 10.3 Å². The molecule has 3 aromatic rings. The van der Waals surface area contributed by atoms with E-state index in [-0.39, 0.29) is 0 Å². The monoisotopic (exact) mass is 350 g/mol. The van der Waals surface area contributed by atoms with Crippen molar-refractivity contribution in [3.05, 3.63) is 39.6 Å². The number of nitrogens with zero attached hydrogens (tertiary/aromatic N) is 3. The molecule has 20 heavy (non-hydrogen) atoms. The fourth-order valence-corrected chi connectivity index (χ4v) is 3.24. The van der Waals surface area contributed by atoms with E-state index >= 15 is 0 Å². The van der Waals surface area contributed by atoms with Crippen molar-refractivity contribution in [1.82, 2.24) is 14.5 Å². The summed E-state index contributed by atoms with van der Waals surface area (Å²) in [5.74, 6) is 1.05. The lowest BCUT2D eigenvalue weighted by molar-refractivity contribution is 0.662. The van der Waals surface area contributed by atoms with Gasteiger partial charge in [0.1, 0.15) is 5.82 Å². The maximum absolute atomic E-state index is 5.70. The highest BCUT2D eigenvalue weighted by Gasteiger charge is 2.12. The van der Waals surface area contributed by atoms with E-state index in [1.807, 2.05) is 5.38 Å². The number of rotatable bonds is 4. The molecule has 2 heterocycles. The van der Waals surface area contributed by atoms with Crippen molar-refractivity contribution < 1.29 is 0 Å². The fraction of sp³-hybridized carbons (Fsp3) is 0.286. The smallest absolute Gasteiger partial charge is 0.180 e. The Balaban J connectivity index is 2.06. The van der Waals surface area contributed by atoms with Gasteiger partial charge in [-0.05, 0) is 24.6 Å². The van der Waals surface area contributed by atoms with Gasteiger partial charge in [0.25, 0.3) is 0 Å². The molecule has 0 saturated carbocycles. The maximum Gasteiger partial charge on any atom is 0.180 e. The molecule has 0 bridgehead atoms. The highest BCUT2D eigenvalue weighted by molar-refractivity contribution is 9.10. The second-order valence-corrected chi connectivity index (χ2v) is 6.47. The topological polar surface area (TPSA) is 56.7 Å². The summed E-state index contributed by atoms with van der Waals surface area (Å²) in [6, 6.07) is 6.22. The number of imidazole rings is 1. The Morgan fingerprint density at radius 1 is 1.35 bits per heavy atom. The molecule has 0 aliphatic carbocycles. The molecule has 0 atom stereocenters. The van der Waals surface area contributed by atoms with E-state index in [0.29, 0.717) is 5.13 Å². The number of benzene rings is 1. The van der Waals surface area contributed by atoms with Crippen LogP contribution in [0.25, 0.3) is 11.0 Å². The highest BCUT2D eigenvalue weighted by atomic mass is 79.9. The molecule has 0 aliphatic rings. The minimum Gasteiger partial charge on any atom is -0.375 e. The van der Waals surface area contributed by atoms with Crippen LogP contribution in [-0.4, -0.2) is 14.5 Å². The molecular weight excluding hydrogens is 336 g/mol. The Bertz CT molecular complexity index is 747. The number of fused-ring (bicyclic) bond motifs is 1. The van der Waals surface area contributed by atoms with Crippen molar-refractivity contribution in [2.45, 2.75) is 26.3 Å². The van der Waals surface area contributed by atoms with E-state index in [0.717, 1.165) is 40.9 Å². The minimum absolute atomic E-state index is 0.612. The van der Waals surface area contributed by atoms with Crippen LogP contribution in [-0.2, 0) is 13.0 Å². The van der Waals surface area contributed by atoms with Crippen LogP contribution < -0.4 is 5.73 Å². The molecule has 4 nitrogen and oxygen atoms in total. The minimum atomic E-state index is 0.612. The number of halogens is 1. The second kappa shape index (κ2) is 5.54. The van der Waals surface area contributed by atoms with Crippen molar-refractivity contribution >= 4 is 43.4 Å². The molecule has 2 N–H and O–H groups in total. The van der Waals surface area contributed by atoms with Crippen molar-refractivity contribution in [2.24, 2.45) is 0 Å². The lowest BCUT2D eigenvalue weighted by atomic mass is 10.3. The standard InChI is InChI=1S/C14H15BrN4S/c1-2-5-19-12-4-3-9(15)6-11(12)18-13(19)7-10-8-20-14(16)17-10/h3-4,6,8H,2,5,7H2,1H3,(H2,16,17). The van der Waals surface area contributed by atoms with Gasteiger partial charge in [-0.15, -0.1) is 11.3 Å². The number of anilines is 1. The van der Waals surface area contributed by atoms with Gasteiger partial charge in [0.2, 0.25) is 0 Å². The third-order valence-corrected chi connectivity index (χ3v) is 4.36. The molecule has 0 radical (unpaired) electrons. The summed E-state index contributed by atoms with van der Waals surface area (Å²) >= 11 is 4.97. The van der Waals surface area contributed by atoms with E-state index in [2.05, 4.69) is 50.6 Å². The number of hydrogen-bond acceptors (Lipinski definition) is 4. The largest absolute Gasteiger partial charge is 0.375 e. The van der Waals surface area contributed by atoms with E-state index in [1.165, 1.54) is 16.9 Å². The first kappa shape index (κ1) is 13.6. The van der Waals surface area contributed by atoms with Crippen molar-refractivity contribution in [2.75, 3.05) is 5.73 Å². The fourth-order valence-electron chi connectivity index (χ4n) is 2.33. The molecule has 0 fully saturated rings. The van der Waals surface area contributed by atoms with Gasteiger partial charge >= 0.3 is 0 Å². The zero-order valence-electron chi connectivity index (χ0n) is 11.1. The molecule has 0 unspecified atom stereocenters. The summed E-state index contributed by atoms with van der Waals surface area (Å²) in [4.78, 5) is 9.08. The lowest BCUT2D eigenvalue weighted by Crippen LogP contribution is -2.04. The average Bonchev–Trinajstić information content (AvgIpc) is 2.95. The number of hydrogen-bond donors (Lipinski definition) is 1. The van der Waals surface area contributed by atoms with Gasteiger partial charge in [0.05, 0.1) is 16.7 Å². The Morgan fingerprint density at radius 3 is 2.90 bits per heavy atom. The number of nitrogen functional groups attached to an aromatic ring is 1. The second-order valence-electron chi connectivity index (χ2n) is 4.67. The number of aryl methyl sites for hydroxylation is 1. The van der Waals surface area contributed by atoms with Gasteiger partial charge in [-0.2, -0.15) is 0 Å². The van der Waals surface area contributed by atoms with Gasteiger partial charge in [-0.25, -0.2) is 9.97 Å². The SMILES string of the molecule is CCCn1c(Cc2csc(N)n2)nc2cc(Br)ccc21. The summed E-state index contributed by atoms with van der Waals surface area (Å²) in [6.45, 7) is 3.14. The molecule has 0 amide bonds. The number of nitrogens with two attached hydrogens (primary N) is 1. The summed E-state index contributed by atoms with van der Waals surface area (Å²) in [7, 11) is 0. The Kier molecular flexibility index (Phi) is 3.76. The average molecular weight is 351 g/mol. The lowest BCUT2D eigenvalue weighted by Gasteiger charge is -2.06. The summed E-state index contributed by atoms with van der Waals surface area (Å²) < 4.78 is 3.33.